The predicted octanol–water partition coefficient (Wildman–Crippen LogP) is 1.20. The number of aromatic nitrogens is 1. The Morgan fingerprint density at radius 3 is 2.59 bits per heavy atom. The molecule has 120 valence electrons. The number of carbonyl (C=O) groups excluding carboxylic acids is 1. The molecule has 3 heterocycles. The van der Waals surface area contributed by atoms with E-state index in [4.69, 9.17) is 4.74 Å². The van der Waals surface area contributed by atoms with Gasteiger partial charge in [-0.1, -0.05) is 0 Å². The Morgan fingerprint density at radius 1 is 1.23 bits per heavy atom. The van der Waals surface area contributed by atoms with Gasteiger partial charge in [-0.25, -0.2) is 4.98 Å². The van der Waals surface area contributed by atoms with Gasteiger partial charge in [0, 0.05) is 45.3 Å². The molecule has 0 bridgehead atoms. The first-order valence-corrected chi connectivity index (χ1v) is 8.00. The van der Waals surface area contributed by atoms with Gasteiger partial charge in [0.05, 0.1) is 11.9 Å². The van der Waals surface area contributed by atoms with Crippen molar-refractivity contribution in [2.45, 2.75) is 12.8 Å². The van der Waals surface area contributed by atoms with Crippen molar-refractivity contribution in [1.29, 1.82) is 0 Å². The largest absolute Gasteiger partial charge is 0.381 e. The molecule has 1 aromatic rings. The van der Waals surface area contributed by atoms with Crippen LogP contribution in [0.3, 0.4) is 0 Å². The van der Waals surface area contributed by atoms with E-state index in [1.54, 1.807) is 0 Å². The van der Waals surface area contributed by atoms with Crippen molar-refractivity contribution in [3.8, 4) is 0 Å². The number of rotatable bonds is 3. The number of anilines is 2. The summed E-state index contributed by atoms with van der Waals surface area (Å²) in [4.78, 5) is 21.2. The Kier molecular flexibility index (Phi) is 4.90. The lowest BCUT2D eigenvalue weighted by atomic mass is 9.99. The molecule has 0 aromatic carbocycles. The van der Waals surface area contributed by atoms with Crippen molar-refractivity contribution in [2.24, 2.45) is 5.92 Å². The van der Waals surface area contributed by atoms with Crippen LogP contribution in [0.2, 0.25) is 0 Å². The van der Waals surface area contributed by atoms with Gasteiger partial charge in [-0.05, 0) is 32.0 Å². The first-order valence-electron chi connectivity index (χ1n) is 8.00. The average molecular weight is 304 g/mol. The van der Waals surface area contributed by atoms with E-state index in [0.717, 1.165) is 44.7 Å². The number of hydrogen-bond acceptors (Lipinski definition) is 5. The maximum absolute atomic E-state index is 12.2. The molecule has 0 unspecified atom stereocenters. The summed E-state index contributed by atoms with van der Waals surface area (Å²) in [6.45, 7) is 5.53. The average Bonchev–Trinajstić information content (AvgIpc) is 2.57. The van der Waals surface area contributed by atoms with Crippen LogP contribution < -0.4 is 10.2 Å². The van der Waals surface area contributed by atoms with Gasteiger partial charge in [0.25, 0.3) is 0 Å². The van der Waals surface area contributed by atoms with Crippen LogP contribution >= 0.6 is 0 Å². The molecule has 2 aliphatic rings. The van der Waals surface area contributed by atoms with Gasteiger partial charge in [0.2, 0.25) is 5.91 Å². The fraction of sp³-hybridized carbons (Fsp3) is 0.625. The molecule has 2 aliphatic heterocycles. The topological polar surface area (TPSA) is 57.7 Å². The highest BCUT2D eigenvalue weighted by atomic mass is 16.5. The smallest absolute Gasteiger partial charge is 0.228 e. The molecule has 3 rings (SSSR count). The number of nitrogens with one attached hydrogen (secondary N) is 1. The standard InChI is InChI=1S/C16H24N4O2/c1-19-6-8-20(9-7-19)14-2-3-15(17-12-14)18-16(21)13-4-10-22-11-5-13/h2-3,12-13H,4-11H2,1H3,(H,17,18,21). The van der Waals surface area contributed by atoms with E-state index in [2.05, 4.69) is 27.1 Å². The number of amides is 1. The van der Waals surface area contributed by atoms with Crippen LogP contribution in [0.25, 0.3) is 0 Å². The molecular formula is C16H24N4O2. The van der Waals surface area contributed by atoms with E-state index in [0.29, 0.717) is 19.0 Å². The summed E-state index contributed by atoms with van der Waals surface area (Å²) < 4.78 is 5.29. The van der Waals surface area contributed by atoms with Crippen molar-refractivity contribution in [2.75, 3.05) is 56.7 Å². The molecule has 6 nitrogen and oxygen atoms in total. The van der Waals surface area contributed by atoms with Gasteiger partial charge >= 0.3 is 0 Å². The van der Waals surface area contributed by atoms with Gasteiger partial charge < -0.3 is 19.9 Å². The lowest BCUT2D eigenvalue weighted by Gasteiger charge is -2.33. The Morgan fingerprint density at radius 2 is 1.95 bits per heavy atom. The van der Waals surface area contributed by atoms with Gasteiger partial charge in [0.15, 0.2) is 0 Å². The lowest BCUT2D eigenvalue weighted by molar-refractivity contribution is -0.122. The summed E-state index contributed by atoms with van der Waals surface area (Å²) in [5.74, 6) is 0.741. The minimum atomic E-state index is 0.0489. The maximum Gasteiger partial charge on any atom is 0.228 e. The first-order chi connectivity index (χ1) is 10.7. The molecule has 1 aromatic heterocycles. The Bertz CT molecular complexity index is 491. The van der Waals surface area contributed by atoms with Gasteiger partial charge in [-0.15, -0.1) is 0 Å². The van der Waals surface area contributed by atoms with Crippen LogP contribution in [-0.4, -0.2) is 62.2 Å². The van der Waals surface area contributed by atoms with Crippen LogP contribution in [0.4, 0.5) is 11.5 Å². The molecule has 1 amide bonds. The summed E-state index contributed by atoms with van der Waals surface area (Å²) in [6.07, 6.45) is 3.45. The van der Waals surface area contributed by atoms with Crippen molar-refractivity contribution in [1.82, 2.24) is 9.88 Å². The number of carbonyl (C=O) groups is 1. The summed E-state index contributed by atoms with van der Waals surface area (Å²) in [7, 11) is 2.14. The molecule has 2 saturated heterocycles. The fourth-order valence-corrected chi connectivity index (χ4v) is 2.90. The summed E-state index contributed by atoms with van der Waals surface area (Å²) in [6, 6.07) is 3.93. The van der Waals surface area contributed by atoms with Crippen molar-refractivity contribution >= 4 is 17.4 Å². The van der Waals surface area contributed by atoms with Crippen LogP contribution in [0, 0.1) is 5.92 Å². The zero-order valence-electron chi connectivity index (χ0n) is 13.1. The second-order valence-electron chi connectivity index (χ2n) is 6.07. The van der Waals surface area contributed by atoms with Crippen molar-refractivity contribution in [3.05, 3.63) is 18.3 Å². The highest BCUT2D eigenvalue weighted by Gasteiger charge is 2.22. The van der Waals surface area contributed by atoms with E-state index in [1.165, 1.54) is 0 Å². The summed E-state index contributed by atoms with van der Waals surface area (Å²) in [5.41, 5.74) is 1.12. The lowest BCUT2D eigenvalue weighted by Crippen LogP contribution is -2.44. The van der Waals surface area contributed by atoms with Crippen LogP contribution in [0.5, 0.6) is 0 Å². The number of likely N-dealkylation sites (N-methyl/N-ethyl adjacent to an activating group) is 1. The molecule has 0 radical (unpaired) electrons. The third-order valence-electron chi connectivity index (χ3n) is 4.46. The molecule has 1 N–H and O–H groups in total. The second-order valence-corrected chi connectivity index (χ2v) is 6.07. The van der Waals surface area contributed by atoms with Crippen LogP contribution in [0.1, 0.15) is 12.8 Å². The quantitative estimate of drug-likeness (QED) is 0.909. The van der Waals surface area contributed by atoms with E-state index in [-0.39, 0.29) is 11.8 Å². The Hall–Kier alpha value is -1.66. The number of nitrogens with zero attached hydrogens (tertiary/aromatic N) is 3. The normalized spacial score (nSPS) is 20.9. The van der Waals surface area contributed by atoms with E-state index < -0.39 is 0 Å². The zero-order valence-corrected chi connectivity index (χ0v) is 13.1. The molecule has 6 heteroatoms. The Balaban J connectivity index is 1.56. The first kappa shape index (κ1) is 15.2. The SMILES string of the molecule is CN1CCN(c2ccc(NC(=O)C3CCOCC3)nc2)CC1. The van der Waals surface area contributed by atoms with Crippen LogP contribution in [-0.2, 0) is 9.53 Å². The highest BCUT2D eigenvalue weighted by Crippen LogP contribution is 2.19. The summed E-state index contributed by atoms with van der Waals surface area (Å²) >= 11 is 0. The van der Waals surface area contributed by atoms with Gasteiger partial charge in [-0.3, -0.25) is 4.79 Å². The number of hydrogen-bond donors (Lipinski definition) is 1. The second kappa shape index (κ2) is 7.07. The minimum Gasteiger partial charge on any atom is -0.381 e. The fourth-order valence-electron chi connectivity index (χ4n) is 2.90. The highest BCUT2D eigenvalue weighted by molar-refractivity contribution is 5.91. The number of ether oxygens (including phenoxy) is 1. The molecule has 22 heavy (non-hydrogen) atoms. The number of pyridine rings is 1. The van der Waals surface area contributed by atoms with Gasteiger partial charge in [-0.2, -0.15) is 0 Å². The minimum absolute atomic E-state index is 0.0489. The third kappa shape index (κ3) is 3.75. The predicted molar refractivity (Wildman–Crippen MR) is 86.1 cm³/mol. The maximum atomic E-state index is 12.2. The molecule has 0 atom stereocenters. The molecule has 0 spiro atoms. The molecule has 2 fully saturated rings. The van der Waals surface area contributed by atoms with E-state index in [9.17, 15) is 4.79 Å². The van der Waals surface area contributed by atoms with Crippen molar-refractivity contribution in [3.63, 3.8) is 0 Å². The van der Waals surface area contributed by atoms with E-state index >= 15 is 0 Å². The van der Waals surface area contributed by atoms with Crippen molar-refractivity contribution < 1.29 is 9.53 Å². The van der Waals surface area contributed by atoms with E-state index in [1.807, 2.05) is 18.3 Å². The third-order valence-corrected chi connectivity index (χ3v) is 4.46. The Labute approximate surface area is 131 Å². The zero-order chi connectivity index (χ0) is 15.4. The van der Waals surface area contributed by atoms with Crippen LogP contribution in [0.15, 0.2) is 18.3 Å². The number of piperazine rings is 1. The van der Waals surface area contributed by atoms with Gasteiger partial charge in [0.1, 0.15) is 5.82 Å². The molecule has 0 aliphatic carbocycles. The summed E-state index contributed by atoms with van der Waals surface area (Å²) in [5, 5.41) is 2.92. The molecule has 0 saturated carbocycles. The molecular weight excluding hydrogens is 280 g/mol. The monoisotopic (exact) mass is 304 g/mol.